The number of rotatable bonds is 6. The van der Waals surface area contributed by atoms with Crippen molar-refractivity contribution in [2.24, 2.45) is 0 Å². The zero-order valence-corrected chi connectivity index (χ0v) is 16.1. The zero-order chi connectivity index (χ0) is 18.4. The third-order valence-electron chi connectivity index (χ3n) is 4.92. The van der Waals surface area contributed by atoms with Gasteiger partial charge in [-0.1, -0.05) is 71.2 Å². The molecule has 26 heavy (non-hydrogen) atoms. The van der Waals surface area contributed by atoms with E-state index in [0.717, 1.165) is 41.3 Å². The van der Waals surface area contributed by atoms with E-state index in [1.54, 1.807) is 0 Å². The van der Waals surface area contributed by atoms with Crippen LogP contribution in [-0.4, -0.2) is 18.4 Å². The average Bonchev–Trinajstić information content (AvgIpc) is 3.17. The fourth-order valence-corrected chi connectivity index (χ4v) is 3.77. The molecule has 1 N–H and O–H groups in total. The summed E-state index contributed by atoms with van der Waals surface area (Å²) in [5.74, 6) is -0.514. The maximum atomic E-state index is 12.9. The van der Waals surface area contributed by atoms with Crippen molar-refractivity contribution >= 4 is 27.8 Å². The lowest BCUT2D eigenvalue weighted by Crippen LogP contribution is -2.44. The molecule has 1 fully saturated rings. The first-order valence-corrected chi connectivity index (χ1v) is 9.63. The fraction of sp³-hybridized carbons (Fsp3) is 0.333. The fourth-order valence-electron chi connectivity index (χ4n) is 3.51. The summed E-state index contributed by atoms with van der Waals surface area (Å²) in [5.41, 5.74) is 1.39. The maximum Gasteiger partial charge on any atom is 0.325 e. The predicted octanol–water partition coefficient (Wildman–Crippen LogP) is 4.12. The molecule has 3 rings (SSSR count). The van der Waals surface area contributed by atoms with Crippen LogP contribution in [0, 0.1) is 0 Å². The van der Waals surface area contributed by atoms with E-state index in [4.69, 9.17) is 4.74 Å². The average molecular weight is 416 g/mol. The highest BCUT2D eigenvalue weighted by Gasteiger charge is 2.42. The molecule has 0 heterocycles. The molecule has 0 saturated heterocycles. The van der Waals surface area contributed by atoms with E-state index in [-0.39, 0.29) is 19.1 Å². The van der Waals surface area contributed by atoms with Gasteiger partial charge < -0.3 is 10.1 Å². The summed E-state index contributed by atoms with van der Waals surface area (Å²) in [4.78, 5) is 24.9. The van der Waals surface area contributed by atoms with Crippen molar-refractivity contribution in [3.05, 3.63) is 70.2 Å². The van der Waals surface area contributed by atoms with Gasteiger partial charge in [-0.05, 0) is 36.1 Å². The molecule has 5 heteroatoms. The lowest BCUT2D eigenvalue weighted by Gasteiger charge is -2.28. The molecule has 2 aromatic rings. The summed E-state index contributed by atoms with van der Waals surface area (Å²) in [5, 5.41) is 2.79. The van der Waals surface area contributed by atoms with Crippen LogP contribution >= 0.6 is 15.9 Å². The van der Waals surface area contributed by atoms with Crippen LogP contribution in [0.25, 0.3) is 0 Å². The Bertz CT molecular complexity index is 753. The van der Waals surface area contributed by atoms with E-state index in [1.165, 1.54) is 0 Å². The molecule has 2 aromatic carbocycles. The van der Waals surface area contributed by atoms with Crippen LogP contribution in [0.3, 0.4) is 0 Å². The third kappa shape index (κ3) is 4.33. The van der Waals surface area contributed by atoms with Gasteiger partial charge in [0, 0.05) is 4.47 Å². The molecule has 0 bridgehead atoms. The molecule has 0 radical (unpaired) electrons. The molecular weight excluding hydrogens is 394 g/mol. The van der Waals surface area contributed by atoms with Crippen molar-refractivity contribution in [3.63, 3.8) is 0 Å². The van der Waals surface area contributed by atoms with Gasteiger partial charge in [-0.3, -0.25) is 9.59 Å². The van der Waals surface area contributed by atoms with Gasteiger partial charge in [0.25, 0.3) is 0 Å². The number of hydrogen-bond acceptors (Lipinski definition) is 3. The van der Waals surface area contributed by atoms with Gasteiger partial charge in [0.1, 0.15) is 13.2 Å². The van der Waals surface area contributed by atoms with Gasteiger partial charge >= 0.3 is 5.97 Å². The van der Waals surface area contributed by atoms with Gasteiger partial charge in [-0.2, -0.15) is 0 Å². The molecule has 0 aliphatic heterocycles. The Hall–Kier alpha value is -2.14. The summed E-state index contributed by atoms with van der Waals surface area (Å²) < 4.78 is 6.22. The molecule has 0 unspecified atom stereocenters. The molecule has 1 amide bonds. The highest BCUT2D eigenvalue weighted by atomic mass is 79.9. The lowest BCUT2D eigenvalue weighted by molar-refractivity contribution is -0.145. The quantitative estimate of drug-likeness (QED) is 0.721. The van der Waals surface area contributed by atoms with Crippen molar-refractivity contribution in [1.29, 1.82) is 0 Å². The van der Waals surface area contributed by atoms with Crippen molar-refractivity contribution in [1.82, 2.24) is 5.32 Å². The van der Waals surface area contributed by atoms with E-state index in [2.05, 4.69) is 21.2 Å². The van der Waals surface area contributed by atoms with Crippen LogP contribution in [-0.2, 0) is 26.3 Å². The van der Waals surface area contributed by atoms with Crippen LogP contribution in [0.2, 0.25) is 0 Å². The number of ether oxygens (including phenoxy) is 1. The van der Waals surface area contributed by atoms with Gasteiger partial charge in [0.2, 0.25) is 5.91 Å². The molecule has 0 spiro atoms. The molecular formula is C21H22BrNO3. The number of carbonyl (C=O) groups excluding carboxylic acids is 2. The molecule has 1 aliphatic carbocycles. The van der Waals surface area contributed by atoms with E-state index < -0.39 is 11.4 Å². The monoisotopic (exact) mass is 415 g/mol. The van der Waals surface area contributed by atoms with Crippen LogP contribution in [0.15, 0.2) is 59.1 Å². The SMILES string of the molecule is O=C(CNC(=O)C1(c2ccc(Br)cc2)CCCC1)OCc1ccccc1. The molecule has 136 valence electrons. The zero-order valence-electron chi connectivity index (χ0n) is 14.5. The largest absolute Gasteiger partial charge is 0.460 e. The first kappa shape index (κ1) is 18.6. The van der Waals surface area contributed by atoms with Gasteiger partial charge in [-0.15, -0.1) is 0 Å². The van der Waals surface area contributed by atoms with E-state index >= 15 is 0 Å². The van der Waals surface area contributed by atoms with Crippen molar-refractivity contribution in [2.45, 2.75) is 37.7 Å². The second kappa shape index (κ2) is 8.49. The molecule has 1 saturated carbocycles. The number of carbonyl (C=O) groups is 2. The minimum absolute atomic E-state index is 0.0889. The predicted molar refractivity (Wildman–Crippen MR) is 104 cm³/mol. The summed E-state index contributed by atoms with van der Waals surface area (Å²) in [6.45, 7) is 0.108. The smallest absolute Gasteiger partial charge is 0.325 e. The Morgan fingerprint density at radius 2 is 1.65 bits per heavy atom. The highest BCUT2D eigenvalue weighted by Crippen LogP contribution is 2.41. The molecule has 0 atom stereocenters. The second-order valence-electron chi connectivity index (χ2n) is 6.63. The van der Waals surface area contributed by atoms with E-state index in [0.29, 0.717) is 0 Å². The Labute approximate surface area is 162 Å². The lowest BCUT2D eigenvalue weighted by atomic mass is 9.78. The number of benzene rings is 2. The number of nitrogens with one attached hydrogen (secondary N) is 1. The minimum Gasteiger partial charge on any atom is -0.460 e. The number of esters is 1. The second-order valence-corrected chi connectivity index (χ2v) is 7.54. The number of amides is 1. The first-order chi connectivity index (χ1) is 12.6. The third-order valence-corrected chi connectivity index (χ3v) is 5.45. The summed E-state index contributed by atoms with van der Waals surface area (Å²) >= 11 is 3.43. The van der Waals surface area contributed by atoms with Gasteiger partial charge in [0.05, 0.1) is 5.41 Å². The van der Waals surface area contributed by atoms with Crippen LogP contribution < -0.4 is 5.32 Å². The molecule has 1 aliphatic rings. The van der Waals surface area contributed by atoms with Crippen LogP contribution in [0.4, 0.5) is 0 Å². The maximum absolute atomic E-state index is 12.9. The summed E-state index contributed by atoms with van der Waals surface area (Å²) in [6, 6.07) is 17.4. The number of halogens is 1. The number of hydrogen-bond donors (Lipinski definition) is 1. The molecule has 0 aromatic heterocycles. The van der Waals surface area contributed by atoms with E-state index in [1.807, 2.05) is 54.6 Å². The normalized spacial score (nSPS) is 15.4. The van der Waals surface area contributed by atoms with Gasteiger partial charge in [0.15, 0.2) is 0 Å². The van der Waals surface area contributed by atoms with E-state index in [9.17, 15) is 9.59 Å². The standard InChI is InChI=1S/C21H22BrNO3/c22-18-10-8-17(9-11-18)21(12-4-5-13-21)20(25)23-14-19(24)26-15-16-6-2-1-3-7-16/h1-3,6-11H,4-5,12-15H2,(H,23,25). The summed E-state index contributed by atoms with van der Waals surface area (Å²) in [6.07, 6.45) is 3.64. The molecule has 4 nitrogen and oxygen atoms in total. The Morgan fingerprint density at radius 3 is 2.31 bits per heavy atom. The Kier molecular flexibility index (Phi) is 6.09. The Morgan fingerprint density at radius 1 is 1.00 bits per heavy atom. The van der Waals surface area contributed by atoms with Crippen LogP contribution in [0.5, 0.6) is 0 Å². The minimum atomic E-state index is -0.541. The first-order valence-electron chi connectivity index (χ1n) is 8.84. The van der Waals surface area contributed by atoms with Crippen molar-refractivity contribution < 1.29 is 14.3 Å². The topological polar surface area (TPSA) is 55.4 Å². The van der Waals surface area contributed by atoms with Crippen molar-refractivity contribution in [2.75, 3.05) is 6.54 Å². The highest BCUT2D eigenvalue weighted by molar-refractivity contribution is 9.10. The summed E-state index contributed by atoms with van der Waals surface area (Å²) in [7, 11) is 0. The van der Waals surface area contributed by atoms with Gasteiger partial charge in [-0.25, -0.2) is 0 Å². The van der Waals surface area contributed by atoms with Crippen LogP contribution in [0.1, 0.15) is 36.8 Å². The van der Waals surface area contributed by atoms with Crippen molar-refractivity contribution in [3.8, 4) is 0 Å². The Balaban J connectivity index is 1.58.